The van der Waals surface area contributed by atoms with Crippen LogP contribution in [0.5, 0.6) is 0 Å². The van der Waals surface area contributed by atoms with E-state index in [1.807, 2.05) is 0 Å². The fourth-order valence-corrected chi connectivity index (χ4v) is 2.70. The number of hydrogen-bond acceptors (Lipinski definition) is 6. The van der Waals surface area contributed by atoms with Gasteiger partial charge in [0, 0.05) is 13.1 Å². The van der Waals surface area contributed by atoms with Gasteiger partial charge in [0.1, 0.15) is 11.6 Å². The van der Waals surface area contributed by atoms with Crippen molar-refractivity contribution >= 4 is 17.3 Å². The van der Waals surface area contributed by atoms with Crippen molar-refractivity contribution in [1.29, 1.82) is 0 Å². The highest BCUT2D eigenvalue weighted by molar-refractivity contribution is 5.55. The van der Waals surface area contributed by atoms with E-state index < -0.39 is 4.92 Å². The lowest BCUT2D eigenvalue weighted by molar-refractivity contribution is -0.384. The quantitative estimate of drug-likeness (QED) is 0.487. The SMILES string of the molecule is CCCC1CCN(c2cc([N+](=O)[O-])cc(NN)n2)CC1. The van der Waals surface area contributed by atoms with Crippen LogP contribution in [0.15, 0.2) is 12.1 Å². The minimum Gasteiger partial charge on any atom is -0.356 e. The van der Waals surface area contributed by atoms with E-state index in [0.717, 1.165) is 31.8 Å². The molecule has 0 aliphatic carbocycles. The summed E-state index contributed by atoms with van der Waals surface area (Å²) in [5.74, 6) is 7.04. The molecule has 0 radical (unpaired) electrons. The Labute approximate surface area is 118 Å². The summed E-state index contributed by atoms with van der Waals surface area (Å²) in [6.45, 7) is 3.99. The first-order chi connectivity index (χ1) is 9.63. The zero-order valence-electron chi connectivity index (χ0n) is 11.7. The number of aromatic nitrogens is 1. The van der Waals surface area contributed by atoms with E-state index in [1.54, 1.807) is 0 Å². The number of nitrogen functional groups attached to an aromatic ring is 1. The molecule has 1 aromatic heterocycles. The molecule has 0 spiro atoms. The van der Waals surface area contributed by atoms with Gasteiger partial charge in [-0.15, -0.1) is 0 Å². The van der Waals surface area contributed by atoms with Crippen molar-refractivity contribution in [2.75, 3.05) is 23.4 Å². The van der Waals surface area contributed by atoms with E-state index in [-0.39, 0.29) is 5.69 Å². The van der Waals surface area contributed by atoms with Crippen LogP contribution in [0.1, 0.15) is 32.6 Å². The Balaban J connectivity index is 2.12. The first-order valence-electron chi connectivity index (χ1n) is 7.02. The minimum absolute atomic E-state index is 0.0126. The molecule has 0 saturated carbocycles. The summed E-state index contributed by atoms with van der Waals surface area (Å²) in [6, 6.07) is 2.86. The van der Waals surface area contributed by atoms with Gasteiger partial charge >= 0.3 is 0 Å². The van der Waals surface area contributed by atoms with Crippen LogP contribution in [0.3, 0.4) is 0 Å². The molecule has 0 aromatic carbocycles. The molecule has 1 fully saturated rings. The summed E-state index contributed by atoms with van der Waals surface area (Å²) in [7, 11) is 0. The van der Waals surface area contributed by atoms with Crippen LogP contribution in [0, 0.1) is 16.0 Å². The summed E-state index contributed by atoms with van der Waals surface area (Å²) < 4.78 is 0. The Bertz CT molecular complexity index is 472. The summed E-state index contributed by atoms with van der Waals surface area (Å²) in [6.07, 6.45) is 4.69. The molecule has 0 atom stereocenters. The molecule has 0 unspecified atom stereocenters. The summed E-state index contributed by atoms with van der Waals surface area (Å²) in [5, 5.41) is 10.9. The zero-order chi connectivity index (χ0) is 14.5. The van der Waals surface area contributed by atoms with Crippen LogP contribution in [0.2, 0.25) is 0 Å². The van der Waals surface area contributed by atoms with Gasteiger partial charge in [0.05, 0.1) is 17.1 Å². The molecule has 3 N–H and O–H groups in total. The van der Waals surface area contributed by atoms with Gasteiger partial charge in [0.2, 0.25) is 0 Å². The van der Waals surface area contributed by atoms with Crippen LogP contribution in [0.25, 0.3) is 0 Å². The van der Waals surface area contributed by atoms with Crippen molar-refractivity contribution in [2.45, 2.75) is 32.6 Å². The highest BCUT2D eigenvalue weighted by atomic mass is 16.6. The highest BCUT2D eigenvalue weighted by Gasteiger charge is 2.21. The van der Waals surface area contributed by atoms with E-state index >= 15 is 0 Å². The molecule has 110 valence electrons. The van der Waals surface area contributed by atoms with Crippen molar-refractivity contribution in [3.63, 3.8) is 0 Å². The Hall–Kier alpha value is -1.89. The van der Waals surface area contributed by atoms with Crippen LogP contribution in [-0.2, 0) is 0 Å². The Morgan fingerprint density at radius 2 is 2.20 bits per heavy atom. The molecule has 2 heterocycles. The molecule has 0 amide bonds. The van der Waals surface area contributed by atoms with Gasteiger partial charge in [-0.25, -0.2) is 10.8 Å². The molecule has 0 bridgehead atoms. The van der Waals surface area contributed by atoms with Crippen LogP contribution in [0.4, 0.5) is 17.3 Å². The molecule has 1 aliphatic heterocycles. The predicted molar refractivity (Wildman–Crippen MR) is 78.5 cm³/mol. The number of hydrogen-bond donors (Lipinski definition) is 2. The fourth-order valence-electron chi connectivity index (χ4n) is 2.70. The minimum atomic E-state index is -0.421. The van der Waals surface area contributed by atoms with Gasteiger partial charge in [-0.3, -0.25) is 10.1 Å². The monoisotopic (exact) mass is 279 g/mol. The van der Waals surface area contributed by atoms with E-state index in [1.165, 1.54) is 25.0 Å². The molecular formula is C13H21N5O2. The number of rotatable bonds is 5. The van der Waals surface area contributed by atoms with Crippen LogP contribution in [-0.4, -0.2) is 23.0 Å². The summed E-state index contributed by atoms with van der Waals surface area (Å²) in [5.41, 5.74) is 2.40. The number of nitrogens with one attached hydrogen (secondary N) is 1. The maximum absolute atomic E-state index is 10.9. The first-order valence-corrected chi connectivity index (χ1v) is 7.02. The van der Waals surface area contributed by atoms with Gasteiger partial charge in [-0.05, 0) is 18.8 Å². The third-order valence-corrected chi connectivity index (χ3v) is 3.79. The van der Waals surface area contributed by atoms with Crippen molar-refractivity contribution in [2.24, 2.45) is 11.8 Å². The van der Waals surface area contributed by atoms with Gasteiger partial charge in [0.25, 0.3) is 5.69 Å². The Morgan fingerprint density at radius 1 is 1.50 bits per heavy atom. The number of hydrazine groups is 1. The summed E-state index contributed by atoms with van der Waals surface area (Å²) >= 11 is 0. The molecule has 7 heteroatoms. The molecule has 20 heavy (non-hydrogen) atoms. The second-order valence-corrected chi connectivity index (χ2v) is 5.19. The molecule has 2 rings (SSSR count). The number of nitrogens with two attached hydrogens (primary N) is 1. The smallest absolute Gasteiger partial charge is 0.276 e. The molecule has 7 nitrogen and oxygen atoms in total. The average molecular weight is 279 g/mol. The molecule has 1 aromatic rings. The largest absolute Gasteiger partial charge is 0.356 e. The maximum atomic E-state index is 10.9. The predicted octanol–water partition coefficient (Wildman–Crippen LogP) is 2.29. The lowest BCUT2D eigenvalue weighted by Crippen LogP contribution is -2.34. The zero-order valence-corrected chi connectivity index (χ0v) is 11.7. The molecule has 1 aliphatic rings. The van der Waals surface area contributed by atoms with Gasteiger partial charge in [-0.2, -0.15) is 0 Å². The summed E-state index contributed by atoms with van der Waals surface area (Å²) in [4.78, 5) is 16.9. The third-order valence-electron chi connectivity index (χ3n) is 3.79. The van der Waals surface area contributed by atoms with Gasteiger partial charge in [-0.1, -0.05) is 19.8 Å². The van der Waals surface area contributed by atoms with Crippen molar-refractivity contribution < 1.29 is 4.92 Å². The van der Waals surface area contributed by atoms with Crippen molar-refractivity contribution in [1.82, 2.24) is 4.98 Å². The molecular weight excluding hydrogens is 258 g/mol. The second-order valence-electron chi connectivity index (χ2n) is 5.19. The maximum Gasteiger partial charge on any atom is 0.276 e. The topological polar surface area (TPSA) is 97.3 Å². The Morgan fingerprint density at radius 3 is 2.75 bits per heavy atom. The standard InChI is InChI=1S/C13H21N5O2/c1-2-3-10-4-6-17(7-5-10)13-9-11(18(19)20)8-12(15-13)16-14/h8-10H,2-7,14H2,1H3,(H,15,16). The lowest BCUT2D eigenvalue weighted by atomic mass is 9.92. The van der Waals surface area contributed by atoms with Gasteiger partial charge in [0.15, 0.2) is 0 Å². The highest BCUT2D eigenvalue weighted by Crippen LogP contribution is 2.28. The third kappa shape index (κ3) is 3.36. The number of nitrogens with zero attached hydrogens (tertiary/aromatic N) is 3. The number of piperidine rings is 1. The number of pyridine rings is 1. The first kappa shape index (κ1) is 14.5. The van der Waals surface area contributed by atoms with Gasteiger partial charge < -0.3 is 10.3 Å². The van der Waals surface area contributed by atoms with E-state index in [2.05, 4.69) is 22.2 Å². The Kier molecular flexibility index (Phi) is 4.73. The van der Waals surface area contributed by atoms with Crippen molar-refractivity contribution in [3.05, 3.63) is 22.2 Å². The van der Waals surface area contributed by atoms with Crippen LogP contribution >= 0.6 is 0 Å². The molecule has 1 saturated heterocycles. The normalized spacial score (nSPS) is 16.2. The van der Waals surface area contributed by atoms with Crippen LogP contribution < -0.4 is 16.2 Å². The number of anilines is 2. The van der Waals surface area contributed by atoms with Crippen molar-refractivity contribution in [3.8, 4) is 0 Å². The lowest BCUT2D eigenvalue weighted by Gasteiger charge is -2.32. The van der Waals surface area contributed by atoms with E-state index in [0.29, 0.717) is 11.6 Å². The van der Waals surface area contributed by atoms with E-state index in [4.69, 9.17) is 5.84 Å². The number of nitro groups is 1. The average Bonchev–Trinajstić information content (AvgIpc) is 2.47. The second kappa shape index (κ2) is 6.51. The van der Waals surface area contributed by atoms with E-state index in [9.17, 15) is 10.1 Å². The fraction of sp³-hybridized carbons (Fsp3) is 0.615.